The second-order valence-electron chi connectivity index (χ2n) is 15.0. The minimum Gasteiger partial charge on any atom is -0.493 e. The molecule has 1 amide bonds. The molecule has 4 bridgehead atoms. The average molecular weight is 815 g/mol. The molecular weight excluding hydrogens is 769 g/mol. The number of rotatable bonds is 9. The van der Waals surface area contributed by atoms with E-state index in [1.807, 2.05) is 51.2 Å². The van der Waals surface area contributed by atoms with E-state index in [2.05, 4.69) is 27.3 Å². The summed E-state index contributed by atoms with van der Waals surface area (Å²) in [4.78, 5) is 44.5. The van der Waals surface area contributed by atoms with Gasteiger partial charge < -0.3 is 43.2 Å². The van der Waals surface area contributed by atoms with Gasteiger partial charge in [0.05, 0.1) is 37.1 Å². The number of methoxy groups -OCH3 is 2. The molecule has 2 saturated heterocycles. The summed E-state index contributed by atoms with van der Waals surface area (Å²) in [6.45, 7) is 5.49. The van der Waals surface area contributed by atoms with E-state index >= 15 is 0 Å². The van der Waals surface area contributed by atoms with Crippen molar-refractivity contribution in [2.24, 2.45) is 0 Å². The lowest BCUT2D eigenvalue weighted by Gasteiger charge is -2.61. The van der Waals surface area contributed by atoms with Crippen molar-refractivity contribution in [1.29, 1.82) is 5.26 Å². The van der Waals surface area contributed by atoms with Crippen molar-refractivity contribution in [2.45, 2.75) is 75.3 Å². The molecule has 2 fully saturated rings. The molecule has 6 aliphatic rings. The Labute approximate surface area is 340 Å². The van der Waals surface area contributed by atoms with Gasteiger partial charge in [-0.1, -0.05) is 36.4 Å². The minimum atomic E-state index is -1.10. The smallest absolute Gasteiger partial charge is 0.408 e. The summed E-state index contributed by atoms with van der Waals surface area (Å²) in [6.07, 6.45) is -0.241. The molecule has 6 heterocycles. The fourth-order valence-electron chi connectivity index (χ4n) is 9.32. The number of ether oxygens (including phenoxy) is 8. The van der Waals surface area contributed by atoms with Crippen LogP contribution in [0.25, 0.3) is 0 Å². The fraction of sp³-hybridized carbons (Fsp3) is 0.476. The first-order valence-electron chi connectivity index (χ1n) is 19.2. The van der Waals surface area contributed by atoms with Gasteiger partial charge in [0.1, 0.15) is 37.7 Å². The fourth-order valence-corrected chi connectivity index (χ4v) is 10.8. The average Bonchev–Trinajstić information content (AvgIpc) is 3.70. The zero-order valence-corrected chi connectivity index (χ0v) is 34.0. The number of aryl methyl sites for hydroxylation is 1. The van der Waals surface area contributed by atoms with Crippen LogP contribution in [0.5, 0.6) is 28.7 Å². The molecule has 0 aromatic heterocycles. The zero-order valence-electron chi connectivity index (χ0n) is 33.2. The van der Waals surface area contributed by atoms with E-state index in [1.165, 1.54) is 18.7 Å². The number of fused-ring (bicyclic) bond motifs is 10. The molecular formula is C42H46N4O11S. The first-order valence-corrected chi connectivity index (χ1v) is 20.2. The van der Waals surface area contributed by atoms with Crippen molar-refractivity contribution in [3.63, 3.8) is 0 Å². The van der Waals surface area contributed by atoms with Crippen LogP contribution in [0, 0.1) is 25.2 Å². The maximum Gasteiger partial charge on any atom is 0.408 e. The summed E-state index contributed by atoms with van der Waals surface area (Å²) in [6, 6.07) is 10.2. The van der Waals surface area contributed by atoms with Crippen LogP contribution in [0.1, 0.15) is 63.2 Å². The topological polar surface area (TPSA) is 167 Å². The highest BCUT2D eigenvalue weighted by atomic mass is 32.2. The van der Waals surface area contributed by atoms with Gasteiger partial charge in [0.15, 0.2) is 23.0 Å². The Morgan fingerprint density at radius 1 is 1.02 bits per heavy atom. The highest BCUT2D eigenvalue weighted by molar-refractivity contribution is 7.99. The van der Waals surface area contributed by atoms with Crippen molar-refractivity contribution in [3.05, 3.63) is 75.3 Å². The molecule has 3 aromatic carbocycles. The first kappa shape index (κ1) is 39.6. The lowest BCUT2D eigenvalue weighted by Crippen LogP contribution is -2.69. The Morgan fingerprint density at radius 2 is 1.79 bits per heavy atom. The largest absolute Gasteiger partial charge is 0.493 e. The van der Waals surface area contributed by atoms with E-state index in [0.717, 1.165) is 22.3 Å². The number of hydrogen-bond acceptors (Lipinski definition) is 15. The van der Waals surface area contributed by atoms with Crippen molar-refractivity contribution < 1.29 is 52.3 Å². The van der Waals surface area contributed by atoms with Gasteiger partial charge in [0.25, 0.3) is 0 Å². The Kier molecular flexibility index (Phi) is 11.1. The standard InChI is InChI=1S/C42H46N4O11S/c1-21-14-25-15-27-28(16-43)46-29-18-53-41(48)26(44-42(49)54-17-24-10-8-7-9-11-24)19-58-40(32-31(29)39-37(55-20-56-39)22(2)36(32)57-23(3)47)34(46)33(45(27)4)30(25)38(35(21)51-6)52-13-12-50-5/h7-11,14,26-29,33-34,40H,12-13,15,17-20H2,1-6H3,(H,44,49)/t26?,27-,28-,29-,33+,34?,40+/m0/s1. The number of benzene rings is 3. The molecule has 0 radical (unpaired) electrons. The number of esters is 2. The molecule has 6 aliphatic heterocycles. The predicted octanol–water partition coefficient (Wildman–Crippen LogP) is 4.85. The number of alkyl carbamates (subject to hydrolysis) is 1. The number of thioether (sulfide) groups is 1. The van der Waals surface area contributed by atoms with Crippen LogP contribution in [-0.2, 0) is 36.8 Å². The van der Waals surface area contributed by atoms with Gasteiger partial charge in [-0.2, -0.15) is 5.26 Å². The summed E-state index contributed by atoms with van der Waals surface area (Å²) >= 11 is 1.40. The molecule has 15 nitrogen and oxygen atoms in total. The molecule has 0 saturated carbocycles. The first-order chi connectivity index (χ1) is 28.1. The number of amides is 1. The van der Waals surface area contributed by atoms with Crippen molar-refractivity contribution in [3.8, 4) is 34.8 Å². The molecule has 7 atom stereocenters. The van der Waals surface area contributed by atoms with Gasteiger partial charge in [-0.3, -0.25) is 14.6 Å². The van der Waals surface area contributed by atoms with Crippen LogP contribution >= 0.6 is 11.8 Å². The van der Waals surface area contributed by atoms with Gasteiger partial charge in [0, 0.05) is 54.1 Å². The van der Waals surface area contributed by atoms with E-state index in [9.17, 15) is 19.6 Å². The van der Waals surface area contributed by atoms with E-state index < -0.39 is 53.5 Å². The van der Waals surface area contributed by atoms with Crippen LogP contribution < -0.4 is 29.0 Å². The predicted molar refractivity (Wildman–Crippen MR) is 209 cm³/mol. The van der Waals surface area contributed by atoms with Crippen LogP contribution in [0.15, 0.2) is 36.4 Å². The Bertz CT molecular complexity index is 2160. The SMILES string of the molecule is COCCOc1c(OC)c(C)cc2c1[C@@H]1C3[C@@H]4SCC(NC(=O)OCc5ccccc5)C(=O)OC[C@@H](c5c6c(c(C)c(OC(C)=O)c54)OCO6)N3[C@@H](C#N)[C@H](C2)N1C. The van der Waals surface area contributed by atoms with E-state index in [4.69, 9.17) is 37.9 Å². The van der Waals surface area contributed by atoms with Crippen molar-refractivity contribution in [2.75, 3.05) is 53.6 Å². The van der Waals surface area contributed by atoms with Gasteiger partial charge in [0.2, 0.25) is 6.79 Å². The van der Waals surface area contributed by atoms with Crippen LogP contribution in [0.2, 0.25) is 0 Å². The molecule has 2 unspecified atom stereocenters. The van der Waals surface area contributed by atoms with Gasteiger partial charge >= 0.3 is 18.0 Å². The third kappa shape index (κ3) is 6.73. The second kappa shape index (κ2) is 16.2. The second-order valence-corrected chi connectivity index (χ2v) is 16.1. The zero-order chi connectivity index (χ0) is 40.8. The van der Waals surface area contributed by atoms with Crippen molar-refractivity contribution >= 4 is 29.8 Å². The quantitative estimate of drug-likeness (QED) is 0.177. The van der Waals surface area contributed by atoms with Crippen LogP contribution in [-0.4, -0.2) is 106 Å². The van der Waals surface area contributed by atoms with E-state index in [0.29, 0.717) is 58.5 Å². The molecule has 1 N–H and O–H groups in total. The summed E-state index contributed by atoms with van der Waals surface area (Å²) in [5, 5.41) is 13.3. The summed E-state index contributed by atoms with van der Waals surface area (Å²) in [7, 11) is 5.25. The molecule has 306 valence electrons. The normalized spacial score (nSPS) is 25.6. The molecule has 9 rings (SSSR count). The molecule has 0 spiro atoms. The summed E-state index contributed by atoms with van der Waals surface area (Å²) in [5.74, 6) is 1.25. The monoisotopic (exact) mass is 814 g/mol. The van der Waals surface area contributed by atoms with Crippen LogP contribution in [0.3, 0.4) is 0 Å². The third-order valence-corrected chi connectivity index (χ3v) is 13.1. The highest BCUT2D eigenvalue weighted by Crippen LogP contribution is 2.64. The molecule has 3 aromatic rings. The highest BCUT2D eigenvalue weighted by Gasteiger charge is 2.61. The Hall–Kier alpha value is -5.21. The number of nitrogens with zero attached hydrogens (tertiary/aromatic N) is 3. The lowest BCUT2D eigenvalue weighted by molar-refractivity contribution is -0.151. The maximum absolute atomic E-state index is 14.0. The number of piperazine rings is 1. The number of carbonyl (C=O) groups is 3. The minimum absolute atomic E-state index is 0.0107. The summed E-state index contributed by atoms with van der Waals surface area (Å²) in [5.41, 5.74) is 5.52. The van der Waals surface area contributed by atoms with Crippen molar-refractivity contribution in [1.82, 2.24) is 15.1 Å². The van der Waals surface area contributed by atoms with E-state index in [1.54, 1.807) is 14.2 Å². The number of nitriles is 1. The molecule has 0 aliphatic carbocycles. The Balaban J connectivity index is 1.31. The van der Waals surface area contributed by atoms with E-state index in [-0.39, 0.29) is 38.4 Å². The number of carbonyl (C=O) groups excluding carboxylic acids is 3. The number of nitrogens with one attached hydrogen (secondary N) is 1. The lowest BCUT2D eigenvalue weighted by atomic mass is 9.71. The number of likely N-dealkylation sites (N-methyl/N-ethyl adjacent to an activating group) is 1. The maximum atomic E-state index is 14.0. The Morgan fingerprint density at radius 3 is 2.52 bits per heavy atom. The van der Waals surface area contributed by atoms with Gasteiger partial charge in [-0.25, -0.2) is 9.59 Å². The summed E-state index contributed by atoms with van der Waals surface area (Å²) < 4.78 is 47.9. The molecule has 58 heavy (non-hydrogen) atoms. The van der Waals surface area contributed by atoms with Crippen LogP contribution in [0.4, 0.5) is 4.79 Å². The number of hydrogen-bond donors (Lipinski definition) is 1. The van der Waals surface area contributed by atoms with Gasteiger partial charge in [-0.15, -0.1) is 11.8 Å². The van der Waals surface area contributed by atoms with Gasteiger partial charge in [-0.05, 0) is 44.0 Å². The third-order valence-electron chi connectivity index (χ3n) is 11.7. The molecule has 16 heteroatoms.